The fourth-order valence-electron chi connectivity index (χ4n) is 3.03. The average molecular weight is 486 g/mol. The maximum atomic E-state index is 12.2. The molecule has 1 amide bonds. The van der Waals surface area contributed by atoms with Gasteiger partial charge in [-0.15, -0.1) is 10.2 Å². The highest BCUT2D eigenvalue weighted by Crippen LogP contribution is 2.25. The van der Waals surface area contributed by atoms with Gasteiger partial charge in [0.15, 0.2) is 11.0 Å². The molecule has 0 bridgehead atoms. The molecule has 33 heavy (non-hydrogen) atoms. The van der Waals surface area contributed by atoms with Crippen LogP contribution in [0.2, 0.25) is 5.02 Å². The van der Waals surface area contributed by atoms with Crippen molar-refractivity contribution in [3.8, 4) is 17.1 Å². The highest BCUT2D eigenvalue weighted by Gasteiger charge is 2.14. The van der Waals surface area contributed by atoms with Crippen molar-refractivity contribution in [2.45, 2.75) is 44.8 Å². The fraction of sp³-hybridized carbons (Fsp3) is 0.333. The third-order valence-electron chi connectivity index (χ3n) is 4.77. The molecule has 2 aromatic carbocycles. The smallest absolute Gasteiger partial charge is 0.250 e. The summed E-state index contributed by atoms with van der Waals surface area (Å²) in [5.74, 6) is 1.54. The Kier molecular flexibility index (Phi) is 9.77. The van der Waals surface area contributed by atoms with Crippen molar-refractivity contribution in [2.75, 3.05) is 12.4 Å². The second kappa shape index (κ2) is 13.0. The van der Waals surface area contributed by atoms with Crippen molar-refractivity contribution in [3.05, 3.63) is 59.1 Å². The standard InChI is InChI=1S/C24H28ClN5O2S/c1-3-5-6-15-32-21-13-7-18(8-14-21)16-26-27-22(31)17-33-24-29-28-23(30(24)4-2)19-9-11-20(25)12-10-19/h7-14,16H,3-6,15,17H2,1-2H3,(H,27,31). The number of aromatic nitrogens is 3. The summed E-state index contributed by atoms with van der Waals surface area (Å²) in [6, 6.07) is 15.1. The number of benzene rings is 2. The number of nitrogens with one attached hydrogen (secondary N) is 1. The molecule has 0 atom stereocenters. The number of thioether (sulfide) groups is 1. The number of amides is 1. The Morgan fingerprint density at radius 3 is 2.58 bits per heavy atom. The van der Waals surface area contributed by atoms with Crippen LogP contribution in [0.25, 0.3) is 11.4 Å². The summed E-state index contributed by atoms with van der Waals surface area (Å²) >= 11 is 7.29. The Hall–Kier alpha value is -2.84. The molecule has 3 rings (SSSR count). The third-order valence-corrected chi connectivity index (χ3v) is 5.99. The van der Waals surface area contributed by atoms with Gasteiger partial charge in [-0.3, -0.25) is 4.79 Å². The molecule has 0 spiro atoms. The SMILES string of the molecule is CCCCCOc1ccc(C=NNC(=O)CSc2nnc(-c3ccc(Cl)cc3)n2CC)cc1. The van der Waals surface area contributed by atoms with Crippen molar-refractivity contribution < 1.29 is 9.53 Å². The average Bonchev–Trinajstić information content (AvgIpc) is 3.25. The van der Waals surface area contributed by atoms with Gasteiger partial charge in [0, 0.05) is 17.1 Å². The summed E-state index contributed by atoms with van der Waals surface area (Å²) in [4.78, 5) is 12.2. The Morgan fingerprint density at radius 1 is 1.12 bits per heavy atom. The van der Waals surface area contributed by atoms with Crippen molar-refractivity contribution in [3.63, 3.8) is 0 Å². The first-order valence-electron chi connectivity index (χ1n) is 11.0. The first-order chi connectivity index (χ1) is 16.1. The molecule has 3 aromatic rings. The van der Waals surface area contributed by atoms with E-state index >= 15 is 0 Å². The van der Waals surface area contributed by atoms with Crippen molar-refractivity contribution in [2.24, 2.45) is 5.10 Å². The monoisotopic (exact) mass is 485 g/mol. The maximum Gasteiger partial charge on any atom is 0.250 e. The number of halogens is 1. The molecule has 0 saturated carbocycles. The second-order valence-electron chi connectivity index (χ2n) is 7.26. The number of carbonyl (C=O) groups excluding carboxylic acids is 1. The van der Waals surface area contributed by atoms with Crippen LogP contribution >= 0.6 is 23.4 Å². The minimum atomic E-state index is -0.217. The first-order valence-corrected chi connectivity index (χ1v) is 12.3. The minimum Gasteiger partial charge on any atom is -0.494 e. The van der Waals surface area contributed by atoms with Gasteiger partial charge in [-0.1, -0.05) is 43.1 Å². The molecule has 0 saturated heterocycles. The number of nitrogens with zero attached hydrogens (tertiary/aromatic N) is 4. The van der Waals surface area contributed by atoms with E-state index in [0.29, 0.717) is 16.7 Å². The van der Waals surface area contributed by atoms with Crippen LogP contribution in [-0.4, -0.2) is 39.2 Å². The molecule has 9 heteroatoms. The summed E-state index contributed by atoms with van der Waals surface area (Å²) in [6.07, 6.45) is 5.01. The quantitative estimate of drug-likeness (QED) is 0.160. The summed E-state index contributed by atoms with van der Waals surface area (Å²) in [6.45, 7) is 5.59. The van der Waals surface area contributed by atoms with Crippen LogP contribution in [0.3, 0.4) is 0 Å². The third kappa shape index (κ3) is 7.61. The number of carbonyl (C=O) groups is 1. The number of ether oxygens (including phenoxy) is 1. The van der Waals surface area contributed by atoms with E-state index in [1.54, 1.807) is 6.21 Å². The second-order valence-corrected chi connectivity index (χ2v) is 8.64. The van der Waals surface area contributed by atoms with E-state index < -0.39 is 0 Å². The van der Waals surface area contributed by atoms with Crippen LogP contribution in [0.15, 0.2) is 58.8 Å². The van der Waals surface area contributed by atoms with E-state index in [2.05, 4.69) is 27.6 Å². The normalized spacial score (nSPS) is 11.1. The highest BCUT2D eigenvalue weighted by molar-refractivity contribution is 7.99. The zero-order valence-corrected chi connectivity index (χ0v) is 20.4. The van der Waals surface area contributed by atoms with Gasteiger partial charge in [0.2, 0.25) is 0 Å². The first kappa shape index (κ1) is 24.8. The van der Waals surface area contributed by atoms with Crippen LogP contribution < -0.4 is 10.2 Å². The van der Waals surface area contributed by atoms with E-state index in [1.165, 1.54) is 24.6 Å². The minimum absolute atomic E-state index is 0.181. The van der Waals surface area contributed by atoms with Gasteiger partial charge >= 0.3 is 0 Å². The van der Waals surface area contributed by atoms with Crippen LogP contribution in [0.5, 0.6) is 5.75 Å². The van der Waals surface area contributed by atoms with E-state index in [1.807, 2.05) is 60.0 Å². The summed E-state index contributed by atoms with van der Waals surface area (Å²) in [5.41, 5.74) is 4.35. The molecular weight excluding hydrogens is 458 g/mol. The lowest BCUT2D eigenvalue weighted by Crippen LogP contribution is -2.20. The zero-order chi connectivity index (χ0) is 23.5. The van der Waals surface area contributed by atoms with Crippen molar-refractivity contribution >= 4 is 35.5 Å². The number of hydrazone groups is 1. The molecule has 0 radical (unpaired) electrons. The topological polar surface area (TPSA) is 81.4 Å². The van der Waals surface area contributed by atoms with Crippen molar-refractivity contribution in [1.82, 2.24) is 20.2 Å². The van der Waals surface area contributed by atoms with E-state index in [4.69, 9.17) is 16.3 Å². The van der Waals surface area contributed by atoms with Crippen LogP contribution in [0.4, 0.5) is 0 Å². The largest absolute Gasteiger partial charge is 0.494 e. The Balaban J connectivity index is 1.47. The highest BCUT2D eigenvalue weighted by atomic mass is 35.5. The molecule has 7 nitrogen and oxygen atoms in total. The number of rotatable bonds is 12. The van der Waals surface area contributed by atoms with Gasteiger partial charge in [-0.05, 0) is 67.4 Å². The van der Waals surface area contributed by atoms with Crippen LogP contribution in [0.1, 0.15) is 38.7 Å². The Bertz CT molecular complexity index is 1050. The molecule has 1 N–H and O–H groups in total. The molecule has 1 aromatic heterocycles. The number of hydrogen-bond donors (Lipinski definition) is 1. The van der Waals surface area contributed by atoms with Gasteiger partial charge in [0.05, 0.1) is 18.6 Å². The van der Waals surface area contributed by atoms with E-state index in [0.717, 1.165) is 35.7 Å². The van der Waals surface area contributed by atoms with Gasteiger partial charge < -0.3 is 9.30 Å². The summed E-state index contributed by atoms with van der Waals surface area (Å²) in [7, 11) is 0. The van der Waals surface area contributed by atoms with Gasteiger partial charge in [-0.2, -0.15) is 5.10 Å². The molecule has 0 unspecified atom stereocenters. The Labute approximate surface area is 203 Å². The lowest BCUT2D eigenvalue weighted by Gasteiger charge is -2.07. The number of hydrogen-bond acceptors (Lipinski definition) is 6. The molecule has 0 aliphatic rings. The lowest BCUT2D eigenvalue weighted by atomic mass is 10.2. The maximum absolute atomic E-state index is 12.2. The lowest BCUT2D eigenvalue weighted by molar-refractivity contribution is -0.118. The number of unbranched alkanes of at least 4 members (excludes halogenated alkanes) is 2. The molecule has 1 heterocycles. The predicted octanol–water partition coefficient (Wildman–Crippen LogP) is 5.43. The van der Waals surface area contributed by atoms with Gasteiger partial charge in [0.1, 0.15) is 5.75 Å². The molecule has 0 aliphatic carbocycles. The molecule has 0 aliphatic heterocycles. The van der Waals surface area contributed by atoms with Gasteiger partial charge in [-0.25, -0.2) is 5.43 Å². The van der Waals surface area contributed by atoms with E-state index in [9.17, 15) is 4.79 Å². The van der Waals surface area contributed by atoms with Crippen LogP contribution in [0, 0.1) is 0 Å². The zero-order valence-electron chi connectivity index (χ0n) is 18.8. The molecule has 0 fully saturated rings. The summed E-state index contributed by atoms with van der Waals surface area (Å²) in [5, 5.41) is 13.9. The van der Waals surface area contributed by atoms with Gasteiger partial charge in [0.25, 0.3) is 5.91 Å². The Morgan fingerprint density at radius 2 is 1.88 bits per heavy atom. The molecule has 174 valence electrons. The fourth-order valence-corrected chi connectivity index (χ4v) is 3.95. The van der Waals surface area contributed by atoms with Crippen molar-refractivity contribution in [1.29, 1.82) is 0 Å². The van der Waals surface area contributed by atoms with Crippen LogP contribution in [-0.2, 0) is 11.3 Å². The van der Waals surface area contributed by atoms with E-state index in [-0.39, 0.29) is 11.7 Å². The summed E-state index contributed by atoms with van der Waals surface area (Å²) < 4.78 is 7.67. The molecular formula is C24H28ClN5O2S. The predicted molar refractivity (Wildman–Crippen MR) is 134 cm³/mol.